The van der Waals surface area contributed by atoms with E-state index >= 15 is 0 Å². The number of benzene rings is 2. The summed E-state index contributed by atoms with van der Waals surface area (Å²) in [4.78, 5) is 14.4. The van der Waals surface area contributed by atoms with Gasteiger partial charge in [0, 0.05) is 19.2 Å². The molecule has 0 unspecified atom stereocenters. The fraction of sp³-hybridized carbons (Fsp3) is 0.273. The van der Waals surface area contributed by atoms with Crippen LogP contribution in [0.4, 0.5) is 15.0 Å². The van der Waals surface area contributed by atoms with Gasteiger partial charge in [-0.15, -0.1) is 0 Å². The molecule has 3 heterocycles. The van der Waals surface area contributed by atoms with Gasteiger partial charge >= 0.3 is 6.03 Å². The van der Waals surface area contributed by atoms with E-state index < -0.39 is 5.82 Å². The molecule has 1 aromatic heterocycles. The van der Waals surface area contributed by atoms with Crippen LogP contribution < -0.4 is 5.32 Å². The predicted molar refractivity (Wildman–Crippen MR) is 105 cm³/mol. The van der Waals surface area contributed by atoms with Gasteiger partial charge in [0.1, 0.15) is 5.82 Å². The van der Waals surface area contributed by atoms with E-state index in [0.717, 1.165) is 12.8 Å². The molecule has 0 saturated carbocycles. The van der Waals surface area contributed by atoms with E-state index in [1.54, 1.807) is 23.1 Å². The van der Waals surface area contributed by atoms with Crippen molar-refractivity contribution in [1.82, 2.24) is 10.1 Å². The molecule has 6 nitrogen and oxygen atoms in total. The van der Waals surface area contributed by atoms with E-state index in [-0.39, 0.29) is 23.2 Å². The van der Waals surface area contributed by atoms with Gasteiger partial charge in [-0.1, -0.05) is 41.6 Å². The Morgan fingerprint density at radius 2 is 1.86 bits per heavy atom. The fourth-order valence-electron chi connectivity index (χ4n) is 4.18. The van der Waals surface area contributed by atoms with E-state index in [4.69, 9.17) is 9.26 Å². The third-order valence-electron chi connectivity index (χ3n) is 5.75. The highest BCUT2D eigenvalue weighted by molar-refractivity contribution is 5.88. The van der Waals surface area contributed by atoms with Gasteiger partial charge in [-0.05, 0) is 36.1 Å². The summed E-state index contributed by atoms with van der Waals surface area (Å²) in [6.45, 7) is 1.79. The van der Waals surface area contributed by atoms with Crippen LogP contribution in [0.15, 0.2) is 59.1 Å². The highest BCUT2D eigenvalue weighted by Crippen LogP contribution is 2.44. The molecule has 3 aromatic rings. The maximum absolute atomic E-state index is 13.9. The lowest BCUT2D eigenvalue weighted by Gasteiger charge is -2.39. The van der Waals surface area contributed by atoms with Crippen molar-refractivity contribution < 1.29 is 18.4 Å². The van der Waals surface area contributed by atoms with Crippen molar-refractivity contribution in [2.75, 3.05) is 18.4 Å². The molecule has 1 saturated heterocycles. The van der Waals surface area contributed by atoms with Gasteiger partial charge in [0.25, 0.3) is 0 Å². The van der Waals surface area contributed by atoms with Gasteiger partial charge in [-0.2, -0.15) is 0 Å². The minimum atomic E-state index is -0.403. The molecule has 5 rings (SSSR count). The molecular weight excluding hydrogens is 373 g/mol. The molecule has 148 valence electrons. The molecule has 29 heavy (non-hydrogen) atoms. The monoisotopic (exact) mass is 393 g/mol. The molecule has 0 bridgehead atoms. The van der Waals surface area contributed by atoms with Crippen LogP contribution in [0.3, 0.4) is 0 Å². The number of carbonyl (C=O) groups excluding carboxylic acids is 1. The number of hydrogen-bond donors (Lipinski definition) is 1. The van der Waals surface area contributed by atoms with Crippen molar-refractivity contribution in [3.05, 3.63) is 71.5 Å². The fourth-order valence-corrected chi connectivity index (χ4v) is 4.18. The van der Waals surface area contributed by atoms with Crippen LogP contribution in [-0.2, 0) is 16.9 Å². The van der Waals surface area contributed by atoms with Crippen LogP contribution in [0.25, 0.3) is 11.3 Å². The summed E-state index contributed by atoms with van der Waals surface area (Å²) < 4.78 is 25.2. The number of aromatic nitrogens is 1. The topological polar surface area (TPSA) is 67.6 Å². The zero-order valence-electron chi connectivity index (χ0n) is 15.7. The van der Waals surface area contributed by atoms with E-state index in [1.807, 2.05) is 12.1 Å². The first-order valence-electron chi connectivity index (χ1n) is 9.64. The Balaban J connectivity index is 1.24. The molecule has 7 heteroatoms. The van der Waals surface area contributed by atoms with Crippen LogP contribution in [0.2, 0.25) is 0 Å². The maximum atomic E-state index is 13.9. The molecule has 2 aliphatic rings. The molecule has 2 aromatic carbocycles. The summed E-state index contributed by atoms with van der Waals surface area (Å²) in [5, 5.41) is 6.58. The van der Waals surface area contributed by atoms with E-state index in [0.29, 0.717) is 25.3 Å². The first-order chi connectivity index (χ1) is 14.1. The first-order valence-corrected chi connectivity index (χ1v) is 9.64. The van der Waals surface area contributed by atoms with Crippen molar-refractivity contribution in [1.29, 1.82) is 0 Å². The van der Waals surface area contributed by atoms with Gasteiger partial charge in [0.15, 0.2) is 11.6 Å². The molecule has 1 spiro atoms. The number of rotatable bonds is 2. The second kappa shape index (κ2) is 7.00. The Kier molecular flexibility index (Phi) is 4.32. The van der Waals surface area contributed by atoms with Crippen molar-refractivity contribution in [3.63, 3.8) is 0 Å². The lowest BCUT2D eigenvalue weighted by atomic mass is 9.84. The average Bonchev–Trinajstić information content (AvgIpc) is 3.35. The molecule has 2 aliphatic heterocycles. The first kappa shape index (κ1) is 17.9. The van der Waals surface area contributed by atoms with Gasteiger partial charge in [-0.25, -0.2) is 9.18 Å². The van der Waals surface area contributed by atoms with Gasteiger partial charge in [-0.3, -0.25) is 5.32 Å². The molecule has 0 aliphatic carbocycles. The molecule has 2 amide bonds. The number of hydrogen-bond acceptors (Lipinski definition) is 4. The van der Waals surface area contributed by atoms with Gasteiger partial charge in [0.05, 0.1) is 17.8 Å². The highest BCUT2D eigenvalue weighted by Gasteiger charge is 2.43. The third kappa shape index (κ3) is 3.17. The van der Waals surface area contributed by atoms with Crippen LogP contribution >= 0.6 is 0 Å². The summed E-state index contributed by atoms with van der Waals surface area (Å²) >= 11 is 0. The maximum Gasteiger partial charge on any atom is 0.323 e. The smallest absolute Gasteiger partial charge is 0.323 e. The average molecular weight is 393 g/mol. The van der Waals surface area contributed by atoms with E-state index in [9.17, 15) is 9.18 Å². The number of nitrogens with one attached hydrogen (secondary N) is 1. The quantitative estimate of drug-likeness (QED) is 0.694. The minimum absolute atomic E-state index is 0.250. The Labute approximate surface area is 167 Å². The SMILES string of the molecule is O=C(Nc1cc(-c2ccccc2F)on1)N1CCC2(CC1)OCc1ccccc12. The normalized spacial score (nSPS) is 17.3. The van der Waals surface area contributed by atoms with E-state index in [2.05, 4.69) is 22.6 Å². The summed E-state index contributed by atoms with van der Waals surface area (Å²) in [7, 11) is 0. The summed E-state index contributed by atoms with van der Waals surface area (Å²) in [5.41, 5.74) is 2.48. The largest absolute Gasteiger partial charge is 0.365 e. The van der Waals surface area contributed by atoms with Crippen molar-refractivity contribution >= 4 is 11.8 Å². The molecular formula is C22H20FN3O3. The minimum Gasteiger partial charge on any atom is -0.365 e. The second-order valence-corrected chi connectivity index (χ2v) is 7.41. The molecule has 1 N–H and O–H groups in total. The number of likely N-dealkylation sites (tertiary alicyclic amines) is 1. The number of halogens is 1. The van der Waals surface area contributed by atoms with Crippen LogP contribution in [0.5, 0.6) is 0 Å². The van der Waals surface area contributed by atoms with Crippen molar-refractivity contribution in [2.24, 2.45) is 0 Å². The molecule has 0 atom stereocenters. The highest BCUT2D eigenvalue weighted by atomic mass is 19.1. The third-order valence-corrected chi connectivity index (χ3v) is 5.75. The number of nitrogens with zero attached hydrogens (tertiary/aromatic N) is 2. The molecule has 0 radical (unpaired) electrons. The van der Waals surface area contributed by atoms with Crippen LogP contribution in [-0.4, -0.2) is 29.2 Å². The second-order valence-electron chi connectivity index (χ2n) is 7.41. The summed E-state index contributed by atoms with van der Waals surface area (Å²) in [5.74, 6) is 0.127. The van der Waals surface area contributed by atoms with Crippen molar-refractivity contribution in [2.45, 2.75) is 25.0 Å². The standard InChI is InChI=1S/C22H20FN3O3/c23-18-8-4-2-6-16(18)19-13-20(25-29-19)24-21(27)26-11-9-22(10-12-26)17-7-3-1-5-15(17)14-28-22/h1-8,13H,9-12,14H2,(H,24,25,27). The van der Waals surface area contributed by atoms with Crippen molar-refractivity contribution in [3.8, 4) is 11.3 Å². The zero-order chi connectivity index (χ0) is 19.8. The number of amides is 2. The number of urea groups is 1. The predicted octanol–water partition coefficient (Wildman–Crippen LogP) is 4.53. The number of carbonyl (C=O) groups is 1. The van der Waals surface area contributed by atoms with Gasteiger partial charge < -0.3 is 14.2 Å². The van der Waals surface area contributed by atoms with Crippen LogP contribution in [0.1, 0.15) is 24.0 Å². The molecule has 1 fully saturated rings. The summed E-state index contributed by atoms with van der Waals surface area (Å²) in [6, 6.07) is 15.8. The lowest BCUT2D eigenvalue weighted by molar-refractivity contribution is -0.0722. The Morgan fingerprint density at radius 3 is 2.69 bits per heavy atom. The zero-order valence-corrected chi connectivity index (χ0v) is 15.7. The Bertz CT molecular complexity index is 1060. The lowest BCUT2D eigenvalue weighted by Crippen LogP contribution is -2.46. The summed E-state index contributed by atoms with van der Waals surface area (Å²) in [6.07, 6.45) is 1.49. The number of fused-ring (bicyclic) bond motifs is 2. The number of piperidine rings is 1. The number of ether oxygens (including phenoxy) is 1. The van der Waals surface area contributed by atoms with E-state index in [1.165, 1.54) is 23.3 Å². The van der Waals surface area contributed by atoms with Gasteiger partial charge in [0.2, 0.25) is 0 Å². The van der Waals surface area contributed by atoms with Crippen LogP contribution in [0, 0.1) is 5.82 Å². The Morgan fingerprint density at radius 1 is 1.10 bits per heavy atom. The number of anilines is 1. The Hall–Kier alpha value is -3.19.